The summed E-state index contributed by atoms with van der Waals surface area (Å²) in [5.74, 6) is 1.16. The maximum absolute atomic E-state index is 11.2. The van der Waals surface area contributed by atoms with Crippen molar-refractivity contribution >= 4 is 29.0 Å². The fraction of sp³-hybridized carbons (Fsp3) is 0.556. The summed E-state index contributed by atoms with van der Waals surface area (Å²) < 4.78 is 1.09. The Morgan fingerprint density at radius 2 is 2.43 bits per heavy atom. The molecule has 0 fully saturated rings. The van der Waals surface area contributed by atoms with Gasteiger partial charge in [-0.05, 0) is 6.42 Å². The molecule has 14 heavy (non-hydrogen) atoms. The van der Waals surface area contributed by atoms with E-state index in [9.17, 15) is 4.79 Å². The molecule has 0 aliphatic heterocycles. The van der Waals surface area contributed by atoms with E-state index in [1.807, 2.05) is 5.38 Å². The maximum Gasteiger partial charge on any atom is 0.222 e. The molecule has 1 amide bonds. The summed E-state index contributed by atoms with van der Waals surface area (Å²) >= 11 is 3.36. The number of carbonyl (C=O) groups is 1. The highest BCUT2D eigenvalue weighted by Crippen LogP contribution is 2.21. The molecule has 0 saturated carbocycles. The Bertz CT molecular complexity index is 272. The molecule has 1 rings (SSSR count). The van der Waals surface area contributed by atoms with Gasteiger partial charge >= 0.3 is 0 Å². The van der Waals surface area contributed by atoms with Crippen molar-refractivity contribution in [1.82, 2.24) is 9.88 Å². The molecule has 0 unspecified atom stereocenters. The van der Waals surface area contributed by atoms with Gasteiger partial charge in [0.25, 0.3) is 0 Å². The lowest BCUT2D eigenvalue weighted by Crippen LogP contribution is -2.21. The molecule has 5 heteroatoms. The zero-order valence-electron chi connectivity index (χ0n) is 8.40. The van der Waals surface area contributed by atoms with Crippen molar-refractivity contribution in [2.24, 2.45) is 0 Å². The SMILES string of the molecule is CN(C)C(=O)CCCSc1nccs1. The first-order chi connectivity index (χ1) is 6.70. The van der Waals surface area contributed by atoms with Crippen molar-refractivity contribution in [3.05, 3.63) is 11.6 Å². The van der Waals surface area contributed by atoms with Crippen LogP contribution in [-0.2, 0) is 4.79 Å². The topological polar surface area (TPSA) is 33.2 Å². The molecular weight excluding hydrogens is 216 g/mol. The highest BCUT2D eigenvalue weighted by molar-refractivity contribution is 8.00. The number of rotatable bonds is 5. The van der Waals surface area contributed by atoms with Crippen LogP contribution < -0.4 is 0 Å². The van der Waals surface area contributed by atoms with Crippen molar-refractivity contribution in [2.75, 3.05) is 19.8 Å². The first kappa shape index (κ1) is 11.5. The van der Waals surface area contributed by atoms with Crippen molar-refractivity contribution in [2.45, 2.75) is 17.2 Å². The Morgan fingerprint density at radius 3 is 3.00 bits per heavy atom. The van der Waals surface area contributed by atoms with Gasteiger partial charge in [0.15, 0.2) is 0 Å². The highest BCUT2D eigenvalue weighted by atomic mass is 32.2. The van der Waals surface area contributed by atoms with E-state index >= 15 is 0 Å². The molecular formula is C9H14N2OS2. The number of hydrogen-bond donors (Lipinski definition) is 0. The van der Waals surface area contributed by atoms with E-state index in [1.54, 1.807) is 48.3 Å². The number of carbonyl (C=O) groups excluding carboxylic acids is 1. The van der Waals surface area contributed by atoms with Crippen molar-refractivity contribution in [3.8, 4) is 0 Å². The second-order valence-electron chi connectivity index (χ2n) is 3.04. The minimum absolute atomic E-state index is 0.199. The van der Waals surface area contributed by atoms with Crippen LogP contribution in [-0.4, -0.2) is 35.6 Å². The average molecular weight is 230 g/mol. The lowest BCUT2D eigenvalue weighted by atomic mass is 10.3. The lowest BCUT2D eigenvalue weighted by molar-refractivity contribution is -0.128. The Morgan fingerprint density at radius 1 is 1.64 bits per heavy atom. The van der Waals surface area contributed by atoms with Gasteiger partial charge in [0, 0.05) is 37.8 Å². The summed E-state index contributed by atoms with van der Waals surface area (Å²) in [5.41, 5.74) is 0. The van der Waals surface area contributed by atoms with Gasteiger partial charge in [-0.25, -0.2) is 4.98 Å². The van der Waals surface area contributed by atoms with E-state index in [2.05, 4.69) is 4.98 Å². The predicted octanol–water partition coefficient (Wildman–Crippen LogP) is 2.10. The largest absolute Gasteiger partial charge is 0.349 e. The standard InChI is InChI=1S/C9H14N2OS2/c1-11(2)8(12)4-3-6-13-9-10-5-7-14-9/h5,7H,3-4,6H2,1-2H3. The number of hydrogen-bond acceptors (Lipinski definition) is 4. The van der Waals surface area contributed by atoms with E-state index in [0.29, 0.717) is 6.42 Å². The summed E-state index contributed by atoms with van der Waals surface area (Å²) in [6, 6.07) is 0. The molecule has 0 aliphatic carbocycles. The Labute approximate surface area is 92.5 Å². The van der Waals surface area contributed by atoms with Crippen LogP contribution in [0.3, 0.4) is 0 Å². The van der Waals surface area contributed by atoms with E-state index in [-0.39, 0.29) is 5.91 Å². The molecule has 0 saturated heterocycles. The molecule has 78 valence electrons. The average Bonchev–Trinajstić information content (AvgIpc) is 2.64. The van der Waals surface area contributed by atoms with Crippen LogP contribution in [0.15, 0.2) is 15.9 Å². The molecule has 0 radical (unpaired) electrons. The van der Waals surface area contributed by atoms with Crippen LogP contribution in [0, 0.1) is 0 Å². The number of thioether (sulfide) groups is 1. The zero-order valence-corrected chi connectivity index (χ0v) is 10.0. The Kier molecular flexibility index (Phi) is 4.97. The summed E-state index contributed by atoms with van der Waals surface area (Å²) in [6.45, 7) is 0. The lowest BCUT2D eigenvalue weighted by Gasteiger charge is -2.08. The van der Waals surface area contributed by atoms with E-state index < -0.39 is 0 Å². The van der Waals surface area contributed by atoms with Crippen LogP contribution in [0.2, 0.25) is 0 Å². The number of amides is 1. The van der Waals surface area contributed by atoms with Crippen LogP contribution in [0.5, 0.6) is 0 Å². The molecule has 0 bridgehead atoms. The third kappa shape index (κ3) is 4.11. The zero-order chi connectivity index (χ0) is 10.4. The molecule has 0 aliphatic rings. The second-order valence-corrected chi connectivity index (χ2v) is 5.27. The van der Waals surface area contributed by atoms with Crippen molar-refractivity contribution < 1.29 is 4.79 Å². The second kappa shape index (κ2) is 6.03. The summed E-state index contributed by atoms with van der Waals surface area (Å²) in [4.78, 5) is 17.0. The molecule has 0 aromatic carbocycles. The van der Waals surface area contributed by atoms with E-state index in [0.717, 1.165) is 16.5 Å². The minimum Gasteiger partial charge on any atom is -0.349 e. The quantitative estimate of drug-likeness (QED) is 0.574. The maximum atomic E-state index is 11.2. The van der Waals surface area contributed by atoms with E-state index in [4.69, 9.17) is 0 Å². The van der Waals surface area contributed by atoms with Gasteiger partial charge in [-0.2, -0.15) is 0 Å². The van der Waals surface area contributed by atoms with Crippen LogP contribution in [0.25, 0.3) is 0 Å². The molecule has 3 nitrogen and oxygen atoms in total. The Balaban J connectivity index is 2.08. The van der Waals surface area contributed by atoms with E-state index in [1.165, 1.54) is 0 Å². The van der Waals surface area contributed by atoms with Gasteiger partial charge in [-0.3, -0.25) is 4.79 Å². The van der Waals surface area contributed by atoms with Gasteiger partial charge in [0.1, 0.15) is 4.34 Å². The summed E-state index contributed by atoms with van der Waals surface area (Å²) in [7, 11) is 3.58. The number of aromatic nitrogens is 1. The van der Waals surface area contributed by atoms with Crippen LogP contribution in [0.4, 0.5) is 0 Å². The molecule has 0 spiro atoms. The normalized spacial score (nSPS) is 10.1. The smallest absolute Gasteiger partial charge is 0.222 e. The molecule has 1 aromatic heterocycles. The molecule has 1 heterocycles. The predicted molar refractivity (Wildman–Crippen MR) is 60.8 cm³/mol. The highest BCUT2D eigenvalue weighted by Gasteiger charge is 2.03. The monoisotopic (exact) mass is 230 g/mol. The van der Waals surface area contributed by atoms with Crippen molar-refractivity contribution in [3.63, 3.8) is 0 Å². The number of thiazole rings is 1. The molecule has 0 atom stereocenters. The van der Waals surface area contributed by atoms with Gasteiger partial charge in [-0.1, -0.05) is 11.8 Å². The fourth-order valence-electron chi connectivity index (χ4n) is 0.888. The van der Waals surface area contributed by atoms with Gasteiger partial charge in [0.05, 0.1) is 0 Å². The van der Waals surface area contributed by atoms with Crippen LogP contribution in [0.1, 0.15) is 12.8 Å². The van der Waals surface area contributed by atoms with Gasteiger partial charge in [0.2, 0.25) is 5.91 Å². The summed E-state index contributed by atoms with van der Waals surface area (Å²) in [6.07, 6.45) is 3.35. The third-order valence-corrected chi connectivity index (χ3v) is 3.72. The number of nitrogens with zero attached hydrogens (tertiary/aromatic N) is 2. The third-order valence-electron chi connectivity index (χ3n) is 1.67. The summed E-state index contributed by atoms with van der Waals surface area (Å²) in [5, 5.41) is 1.97. The van der Waals surface area contributed by atoms with Gasteiger partial charge < -0.3 is 4.90 Å². The van der Waals surface area contributed by atoms with Gasteiger partial charge in [-0.15, -0.1) is 11.3 Å². The Hall–Kier alpha value is -0.550. The minimum atomic E-state index is 0.199. The first-order valence-electron chi connectivity index (χ1n) is 4.42. The first-order valence-corrected chi connectivity index (χ1v) is 6.29. The molecule has 1 aromatic rings. The molecule has 0 N–H and O–H groups in total. The fourth-order valence-corrected chi connectivity index (χ4v) is 2.54. The van der Waals surface area contributed by atoms with Crippen molar-refractivity contribution in [1.29, 1.82) is 0 Å². The van der Waals surface area contributed by atoms with Crippen LogP contribution >= 0.6 is 23.1 Å².